The molecular weight excluding hydrogens is 373 g/mol. The average Bonchev–Trinajstić information content (AvgIpc) is 3.01. The summed E-state index contributed by atoms with van der Waals surface area (Å²) in [4.78, 5) is 25.2. The number of rotatable bonds is 6. The van der Waals surface area contributed by atoms with Crippen LogP contribution in [0.25, 0.3) is 5.69 Å². The Morgan fingerprint density at radius 2 is 1.69 bits per heavy atom. The van der Waals surface area contributed by atoms with Crippen molar-refractivity contribution in [1.29, 1.82) is 0 Å². The van der Waals surface area contributed by atoms with Crippen LogP contribution in [0.15, 0.2) is 54.6 Å². The lowest BCUT2D eigenvalue weighted by molar-refractivity contribution is 0.0314. The topological polar surface area (TPSA) is 57.5 Å². The van der Waals surface area contributed by atoms with Gasteiger partial charge in [-0.2, -0.15) is 0 Å². The van der Waals surface area contributed by atoms with Gasteiger partial charge in [0, 0.05) is 28.7 Å². The summed E-state index contributed by atoms with van der Waals surface area (Å²) in [5.41, 5.74) is 2.78. The van der Waals surface area contributed by atoms with Gasteiger partial charge < -0.3 is 14.0 Å². The molecule has 0 aliphatic heterocycles. The number of aryl methyl sites for hydroxylation is 1. The molecule has 5 nitrogen and oxygen atoms in total. The van der Waals surface area contributed by atoms with E-state index in [4.69, 9.17) is 9.47 Å². The highest BCUT2D eigenvalue weighted by atomic mass is 19.1. The molecule has 150 valence electrons. The first-order chi connectivity index (χ1) is 13.8. The van der Waals surface area contributed by atoms with E-state index in [0.29, 0.717) is 5.56 Å². The number of carbonyl (C=O) groups excluding carboxylic acids is 2. The fraction of sp³-hybridized carbons (Fsp3) is 0.217. The van der Waals surface area contributed by atoms with E-state index >= 15 is 0 Å². The zero-order chi connectivity index (χ0) is 21.1. The number of Topliss-reactive ketones (excluding diaryl/α,β-unsaturated/α-hetero) is 1. The SMILES string of the molecule is COc1ccc(C(=O)O[C@H](C)C(=O)c2cc(C)n(-c3ccccc3)c2C)c(F)c1. The Balaban J connectivity index is 1.81. The highest BCUT2D eigenvalue weighted by Gasteiger charge is 2.26. The van der Waals surface area contributed by atoms with Gasteiger partial charge in [-0.05, 0) is 51.1 Å². The molecular formula is C23H22FNO4. The molecule has 0 radical (unpaired) electrons. The summed E-state index contributed by atoms with van der Waals surface area (Å²) in [6.07, 6.45) is -1.06. The van der Waals surface area contributed by atoms with E-state index in [2.05, 4.69) is 0 Å². The van der Waals surface area contributed by atoms with Crippen LogP contribution in [0.1, 0.15) is 39.0 Å². The Morgan fingerprint density at radius 3 is 2.31 bits per heavy atom. The molecule has 0 amide bonds. The van der Waals surface area contributed by atoms with Crippen LogP contribution in [-0.2, 0) is 4.74 Å². The van der Waals surface area contributed by atoms with Crippen molar-refractivity contribution in [3.63, 3.8) is 0 Å². The minimum atomic E-state index is -1.06. The van der Waals surface area contributed by atoms with Gasteiger partial charge in [-0.3, -0.25) is 4.79 Å². The predicted molar refractivity (Wildman–Crippen MR) is 107 cm³/mol. The van der Waals surface area contributed by atoms with Crippen molar-refractivity contribution in [2.75, 3.05) is 7.11 Å². The molecule has 1 heterocycles. The first-order valence-electron chi connectivity index (χ1n) is 9.16. The molecule has 0 aliphatic carbocycles. The average molecular weight is 395 g/mol. The largest absolute Gasteiger partial charge is 0.497 e. The number of esters is 1. The minimum absolute atomic E-state index is 0.250. The van der Waals surface area contributed by atoms with Crippen molar-refractivity contribution in [2.45, 2.75) is 26.9 Å². The Kier molecular flexibility index (Phi) is 5.82. The number of nitrogens with zero attached hydrogens (tertiary/aromatic N) is 1. The van der Waals surface area contributed by atoms with Crippen LogP contribution < -0.4 is 4.74 Å². The molecule has 0 unspecified atom stereocenters. The standard InChI is InChI=1S/C23H22FNO4/c1-14-12-20(15(2)25(14)17-8-6-5-7-9-17)22(26)16(3)29-23(27)19-11-10-18(28-4)13-21(19)24/h5-13,16H,1-4H3/t16-/m1/s1. The fourth-order valence-electron chi connectivity index (χ4n) is 3.27. The molecule has 3 aromatic rings. The van der Waals surface area contributed by atoms with E-state index in [9.17, 15) is 14.0 Å². The quantitative estimate of drug-likeness (QED) is 0.450. The zero-order valence-corrected chi connectivity index (χ0v) is 16.7. The number of hydrogen-bond acceptors (Lipinski definition) is 4. The number of halogens is 1. The van der Waals surface area contributed by atoms with Crippen molar-refractivity contribution in [3.8, 4) is 11.4 Å². The molecule has 0 spiro atoms. The molecule has 29 heavy (non-hydrogen) atoms. The molecule has 0 bridgehead atoms. The maximum Gasteiger partial charge on any atom is 0.341 e. The third-order valence-electron chi connectivity index (χ3n) is 4.76. The molecule has 0 saturated heterocycles. The van der Waals surface area contributed by atoms with Crippen LogP contribution in [0, 0.1) is 19.7 Å². The lowest BCUT2D eigenvalue weighted by Gasteiger charge is -2.14. The van der Waals surface area contributed by atoms with Gasteiger partial charge >= 0.3 is 5.97 Å². The van der Waals surface area contributed by atoms with Gasteiger partial charge in [0.25, 0.3) is 0 Å². The lowest BCUT2D eigenvalue weighted by atomic mass is 10.1. The van der Waals surface area contributed by atoms with Crippen molar-refractivity contribution < 1.29 is 23.5 Å². The van der Waals surface area contributed by atoms with Crippen LogP contribution >= 0.6 is 0 Å². The number of ether oxygens (including phenoxy) is 2. The summed E-state index contributed by atoms with van der Waals surface area (Å²) in [6, 6.07) is 15.2. The Hall–Kier alpha value is -3.41. The first kappa shape index (κ1) is 20.3. The molecule has 2 aromatic carbocycles. The molecule has 0 fully saturated rings. The van der Waals surface area contributed by atoms with Crippen molar-refractivity contribution in [3.05, 3.63) is 82.9 Å². The van der Waals surface area contributed by atoms with E-state index < -0.39 is 17.9 Å². The van der Waals surface area contributed by atoms with Gasteiger partial charge in [-0.25, -0.2) is 9.18 Å². The summed E-state index contributed by atoms with van der Waals surface area (Å²) in [5, 5.41) is 0. The normalized spacial score (nSPS) is 11.8. The van der Waals surface area contributed by atoms with E-state index in [1.54, 1.807) is 6.07 Å². The number of para-hydroxylation sites is 1. The molecule has 1 aromatic heterocycles. The van der Waals surface area contributed by atoms with Crippen LogP contribution in [0.3, 0.4) is 0 Å². The van der Waals surface area contributed by atoms with Gasteiger partial charge in [0.15, 0.2) is 6.10 Å². The second-order valence-electron chi connectivity index (χ2n) is 6.71. The number of ketones is 1. The number of carbonyl (C=O) groups is 2. The Bertz CT molecular complexity index is 1060. The highest BCUT2D eigenvalue weighted by Crippen LogP contribution is 2.23. The summed E-state index contributed by atoms with van der Waals surface area (Å²) < 4.78 is 26.2. The fourth-order valence-corrected chi connectivity index (χ4v) is 3.27. The smallest absolute Gasteiger partial charge is 0.341 e. The summed E-state index contributed by atoms with van der Waals surface area (Å²) in [7, 11) is 1.40. The number of methoxy groups -OCH3 is 1. The van der Waals surface area contributed by atoms with Crippen molar-refractivity contribution in [2.24, 2.45) is 0 Å². The third kappa shape index (κ3) is 4.06. The van der Waals surface area contributed by atoms with E-state index in [1.165, 1.54) is 26.2 Å². The number of aromatic nitrogens is 1. The summed E-state index contributed by atoms with van der Waals surface area (Å²) in [5.74, 6) is -1.72. The minimum Gasteiger partial charge on any atom is -0.497 e. The molecule has 0 saturated carbocycles. The van der Waals surface area contributed by atoms with Crippen LogP contribution in [0.5, 0.6) is 5.75 Å². The summed E-state index contributed by atoms with van der Waals surface area (Å²) in [6.45, 7) is 5.22. The van der Waals surface area contributed by atoms with Gasteiger partial charge in [0.2, 0.25) is 5.78 Å². The van der Waals surface area contributed by atoms with E-state index in [1.807, 2.05) is 48.7 Å². The summed E-state index contributed by atoms with van der Waals surface area (Å²) >= 11 is 0. The van der Waals surface area contributed by atoms with Gasteiger partial charge in [-0.1, -0.05) is 18.2 Å². The molecule has 6 heteroatoms. The van der Waals surface area contributed by atoms with Gasteiger partial charge in [-0.15, -0.1) is 0 Å². The number of hydrogen-bond donors (Lipinski definition) is 0. The van der Waals surface area contributed by atoms with Crippen LogP contribution in [-0.4, -0.2) is 29.5 Å². The Labute approximate surface area is 168 Å². The van der Waals surface area contributed by atoms with E-state index in [-0.39, 0.29) is 17.1 Å². The van der Waals surface area contributed by atoms with Crippen molar-refractivity contribution >= 4 is 11.8 Å². The van der Waals surface area contributed by atoms with Crippen LogP contribution in [0.4, 0.5) is 4.39 Å². The van der Waals surface area contributed by atoms with Gasteiger partial charge in [0.05, 0.1) is 12.7 Å². The number of benzene rings is 2. The lowest BCUT2D eigenvalue weighted by Crippen LogP contribution is -2.25. The predicted octanol–water partition coefficient (Wildman–Crippen LogP) is 4.67. The Morgan fingerprint density at radius 1 is 1.00 bits per heavy atom. The molecule has 0 N–H and O–H groups in total. The van der Waals surface area contributed by atoms with E-state index in [0.717, 1.165) is 23.1 Å². The second-order valence-corrected chi connectivity index (χ2v) is 6.71. The molecule has 3 rings (SSSR count). The van der Waals surface area contributed by atoms with Crippen molar-refractivity contribution in [1.82, 2.24) is 4.57 Å². The second kappa shape index (κ2) is 8.31. The first-order valence-corrected chi connectivity index (χ1v) is 9.16. The maximum absolute atomic E-state index is 14.1. The van der Waals surface area contributed by atoms with Crippen LogP contribution in [0.2, 0.25) is 0 Å². The molecule has 0 aliphatic rings. The van der Waals surface area contributed by atoms with Gasteiger partial charge in [0.1, 0.15) is 11.6 Å². The maximum atomic E-state index is 14.1. The highest BCUT2D eigenvalue weighted by molar-refractivity contribution is 6.02. The zero-order valence-electron chi connectivity index (χ0n) is 16.7. The monoisotopic (exact) mass is 395 g/mol. The molecule has 1 atom stereocenters. The third-order valence-corrected chi connectivity index (χ3v) is 4.76.